The Balaban J connectivity index is 1.40. The van der Waals surface area contributed by atoms with Gasteiger partial charge in [-0.2, -0.15) is 0 Å². The fraction of sp³-hybridized carbons (Fsp3) is 0.667. The highest BCUT2D eigenvalue weighted by Gasteiger charge is 2.53. The van der Waals surface area contributed by atoms with Gasteiger partial charge in [-0.05, 0) is 36.8 Å². The normalized spacial score (nSPS) is 30.6. The minimum atomic E-state index is -0.112. The molecule has 1 aliphatic carbocycles. The number of carbonyl (C=O) groups is 1. The second-order valence-electron chi connectivity index (χ2n) is 8.47. The number of hydrogen-bond donors (Lipinski definition) is 1. The van der Waals surface area contributed by atoms with Crippen LogP contribution < -0.4 is 0 Å². The SMILES string of the molecule is O=C(c1ccccc1)N1C[C@@H]2CN(CC3CCCCC3)C[C@]2(CO)C1. The van der Waals surface area contributed by atoms with Crippen molar-refractivity contribution in [3.8, 4) is 0 Å². The third kappa shape index (κ3) is 3.34. The van der Waals surface area contributed by atoms with Crippen molar-refractivity contribution in [2.75, 3.05) is 39.3 Å². The maximum Gasteiger partial charge on any atom is 0.253 e. The molecule has 3 aliphatic rings. The van der Waals surface area contributed by atoms with Gasteiger partial charge in [0.15, 0.2) is 0 Å². The molecule has 4 rings (SSSR count). The van der Waals surface area contributed by atoms with Crippen molar-refractivity contribution < 1.29 is 9.90 Å². The van der Waals surface area contributed by atoms with Gasteiger partial charge in [0.05, 0.1) is 6.61 Å². The van der Waals surface area contributed by atoms with E-state index in [1.54, 1.807) is 0 Å². The zero-order chi connectivity index (χ0) is 17.3. The zero-order valence-electron chi connectivity index (χ0n) is 15.1. The number of nitrogens with zero attached hydrogens (tertiary/aromatic N) is 2. The van der Waals surface area contributed by atoms with Gasteiger partial charge in [-0.1, -0.05) is 37.5 Å². The van der Waals surface area contributed by atoms with Gasteiger partial charge in [0.1, 0.15) is 0 Å². The Morgan fingerprint density at radius 2 is 1.84 bits per heavy atom. The summed E-state index contributed by atoms with van der Waals surface area (Å²) in [5.41, 5.74) is 0.647. The van der Waals surface area contributed by atoms with Gasteiger partial charge in [-0.15, -0.1) is 0 Å². The lowest BCUT2D eigenvalue weighted by Crippen LogP contribution is -2.40. The molecule has 136 valence electrons. The minimum absolute atomic E-state index is 0.112. The van der Waals surface area contributed by atoms with Gasteiger partial charge in [-0.3, -0.25) is 4.79 Å². The monoisotopic (exact) mass is 342 g/mol. The Morgan fingerprint density at radius 1 is 1.08 bits per heavy atom. The summed E-state index contributed by atoms with van der Waals surface area (Å²) in [6.07, 6.45) is 6.90. The Kier molecular flexibility index (Phi) is 4.83. The van der Waals surface area contributed by atoms with E-state index in [-0.39, 0.29) is 17.9 Å². The molecule has 0 unspecified atom stereocenters. The Hall–Kier alpha value is -1.39. The van der Waals surface area contributed by atoms with Crippen LogP contribution in [0, 0.1) is 17.3 Å². The molecule has 2 heterocycles. The van der Waals surface area contributed by atoms with E-state index in [0.717, 1.165) is 31.1 Å². The number of fused-ring (bicyclic) bond motifs is 1. The molecule has 0 spiro atoms. The van der Waals surface area contributed by atoms with E-state index in [9.17, 15) is 9.90 Å². The molecule has 2 atom stereocenters. The van der Waals surface area contributed by atoms with Gasteiger partial charge < -0.3 is 14.9 Å². The summed E-state index contributed by atoms with van der Waals surface area (Å²) >= 11 is 0. The quantitative estimate of drug-likeness (QED) is 0.915. The predicted molar refractivity (Wildman–Crippen MR) is 98.4 cm³/mol. The van der Waals surface area contributed by atoms with Crippen LogP contribution in [-0.2, 0) is 0 Å². The number of aliphatic hydroxyl groups excluding tert-OH is 1. The molecule has 3 fully saturated rings. The molecule has 0 aromatic heterocycles. The lowest BCUT2D eigenvalue weighted by Gasteiger charge is -2.30. The predicted octanol–water partition coefficient (Wildman–Crippen LogP) is 2.63. The maximum atomic E-state index is 12.8. The van der Waals surface area contributed by atoms with E-state index in [1.165, 1.54) is 38.6 Å². The van der Waals surface area contributed by atoms with Gasteiger partial charge in [-0.25, -0.2) is 0 Å². The highest BCUT2D eigenvalue weighted by molar-refractivity contribution is 5.94. The Labute approximate surface area is 150 Å². The average molecular weight is 342 g/mol. The zero-order valence-corrected chi connectivity index (χ0v) is 15.1. The van der Waals surface area contributed by atoms with Crippen molar-refractivity contribution >= 4 is 5.91 Å². The molecule has 1 aromatic carbocycles. The largest absolute Gasteiger partial charge is 0.396 e. The van der Waals surface area contributed by atoms with E-state index >= 15 is 0 Å². The van der Waals surface area contributed by atoms with Gasteiger partial charge >= 0.3 is 0 Å². The highest BCUT2D eigenvalue weighted by Crippen LogP contribution is 2.43. The van der Waals surface area contributed by atoms with E-state index in [2.05, 4.69) is 4.90 Å². The summed E-state index contributed by atoms with van der Waals surface area (Å²) in [6.45, 7) is 4.85. The molecule has 4 nitrogen and oxygen atoms in total. The van der Waals surface area contributed by atoms with E-state index < -0.39 is 0 Å². The summed E-state index contributed by atoms with van der Waals surface area (Å²) in [4.78, 5) is 17.3. The number of likely N-dealkylation sites (tertiary alicyclic amines) is 2. The van der Waals surface area contributed by atoms with Crippen molar-refractivity contribution in [2.24, 2.45) is 17.3 Å². The first kappa shape index (κ1) is 17.0. The van der Waals surface area contributed by atoms with Crippen LogP contribution in [0.3, 0.4) is 0 Å². The van der Waals surface area contributed by atoms with Crippen molar-refractivity contribution in [2.45, 2.75) is 32.1 Å². The molecule has 1 aromatic rings. The molecule has 1 saturated carbocycles. The number of aliphatic hydroxyl groups is 1. The molecular weight excluding hydrogens is 312 g/mol. The van der Waals surface area contributed by atoms with Gasteiger partial charge in [0, 0.05) is 43.7 Å². The number of rotatable bonds is 4. The van der Waals surface area contributed by atoms with Crippen LogP contribution in [-0.4, -0.2) is 60.1 Å². The Bertz CT molecular complexity index is 599. The molecular formula is C21H30N2O2. The first-order valence-electron chi connectivity index (χ1n) is 9.88. The molecule has 0 bridgehead atoms. The van der Waals surface area contributed by atoms with Crippen LogP contribution >= 0.6 is 0 Å². The van der Waals surface area contributed by atoms with E-state index in [1.807, 2.05) is 35.2 Å². The van der Waals surface area contributed by atoms with Crippen LogP contribution in [0.15, 0.2) is 30.3 Å². The second-order valence-corrected chi connectivity index (χ2v) is 8.47. The smallest absolute Gasteiger partial charge is 0.253 e. The summed E-state index contributed by atoms with van der Waals surface area (Å²) in [7, 11) is 0. The maximum absolute atomic E-state index is 12.8. The number of benzene rings is 1. The first-order valence-corrected chi connectivity index (χ1v) is 9.88. The van der Waals surface area contributed by atoms with Crippen molar-refractivity contribution in [1.29, 1.82) is 0 Å². The number of carbonyl (C=O) groups excluding carboxylic acids is 1. The van der Waals surface area contributed by atoms with Crippen molar-refractivity contribution in [1.82, 2.24) is 9.80 Å². The number of hydrogen-bond acceptors (Lipinski definition) is 3. The summed E-state index contributed by atoms with van der Waals surface area (Å²) < 4.78 is 0. The van der Waals surface area contributed by atoms with Crippen LogP contribution in [0.2, 0.25) is 0 Å². The lowest BCUT2D eigenvalue weighted by atomic mass is 9.82. The van der Waals surface area contributed by atoms with Crippen LogP contribution in [0.4, 0.5) is 0 Å². The van der Waals surface area contributed by atoms with E-state index in [0.29, 0.717) is 12.5 Å². The molecule has 0 radical (unpaired) electrons. The number of amides is 1. The summed E-state index contributed by atoms with van der Waals surface area (Å²) in [6, 6.07) is 9.54. The fourth-order valence-corrected chi connectivity index (χ4v) is 5.31. The standard InChI is InChI=1S/C21H30N2O2/c24-16-21-14-22(11-17-7-3-1-4-8-17)12-19(21)13-23(15-21)20(25)18-9-5-2-6-10-18/h2,5-6,9-10,17,19,24H,1,3-4,7-8,11-16H2/t19-,21+/m0/s1. The third-order valence-electron chi connectivity index (χ3n) is 6.69. The highest BCUT2D eigenvalue weighted by atomic mass is 16.3. The molecule has 2 saturated heterocycles. The third-order valence-corrected chi connectivity index (χ3v) is 6.69. The second kappa shape index (κ2) is 7.08. The lowest BCUT2D eigenvalue weighted by molar-refractivity contribution is 0.0713. The Morgan fingerprint density at radius 3 is 2.52 bits per heavy atom. The summed E-state index contributed by atoms with van der Waals surface area (Å²) in [5.74, 6) is 1.36. The van der Waals surface area contributed by atoms with Crippen LogP contribution in [0.25, 0.3) is 0 Å². The topological polar surface area (TPSA) is 43.8 Å². The van der Waals surface area contributed by atoms with Crippen LogP contribution in [0.1, 0.15) is 42.5 Å². The average Bonchev–Trinajstić information content (AvgIpc) is 3.17. The van der Waals surface area contributed by atoms with Crippen LogP contribution in [0.5, 0.6) is 0 Å². The van der Waals surface area contributed by atoms with Crippen molar-refractivity contribution in [3.63, 3.8) is 0 Å². The molecule has 2 aliphatic heterocycles. The first-order chi connectivity index (χ1) is 12.2. The molecule has 1 amide bonds. The van der Waals surface area contributed by atoms with Crippen molar-refractivity contribution in [3.05, 3.63) is 35.9 Å². The van der Waals surface area contributed by atoms with Gasteiger partial charge in [0.25, 0.3) is 5.91 Å². The van der Waals surface area contributed by atoms with Gasteiger partial charge in [0.2, 0.25) is 0 Å². The fourth-order valence-electron chi connectivity index (χ4n) is 5.31. The minimum Gasteiger partial charge on any atom is -0.396 e. The van der Waals surface area contributed by atoms with E-state index in [4.69, 9.17) is 0 Å². The molecule has 25 heavy (non-hydrogen) atoms. The molecule has 4 heteroatoms. The molecule has 1 N–H and O–H groups in total. The summed E-state index contributed by atoms with van der Waals surface area (Å²) in [5, 5.41) is 10.2.